The van der Waals surface area contributed by atoms with Gasteiger partial charge in [0.05, 0.1) is 16.2 Å². The summed E-state index contributed by atoms with van der Waals surface area (Å²) >= 11 is 6.37. The van der Waals surface area contributed by atoms with E-state index < -0.39 is 5.54 Å². The summed E-state index contributed by atoms with van der Waals surface area (Å²) in [6, 6.07) is 3.40. The molecule has 0 bridgehead atoms. The highest BCUT2D eigenvalue weighted by atomic mass is 35.5. The SMILES string of the molecule is CC(=O)NCCNCCOc1ccc(Cl)c2c1C1(C[CH]CCC1)NC(=O)N2. The molecule has 3 rings (SSSR count). The summed E-state index contributed by atoms with van der Waals surface area (Å²) in [5.41, 5.74) is 1.12. The van der Waals surface area contributed by atoms with E-state index in [1.807, 2.05) is 6.07 Å². The van der Waals surface area contributed by atoms with Crippen molar-refractivity contribution in [1.29, 1.82) is 0 Å². The number of urea groups is 1. The van der Waals surface area contributed by atoms with E-state index in [9.17, 15) is 9.59 Å². The van der Waals surface area contributed by atoms with Gasteiger partial charge in [0.1, 0.15) is 12.4 Å². The Morgan fingerprint density at radius 3 is 2.93 bits per heavy atom. The number of hydrogen-bond acceptors (Lipinski definition) is 4. The molecule has 1 saturated carbocycles. The zero-order valence-corrected chi connectivity index (χ0v) is 16.2. The third kappa shape index (κ3) is 4.65. The van der Waals surface area contributed by atoms with Crippen LogP contribution in [0.25, 0.3) is 0 Å². The first-order valence-electron chi connectivity index (χ1n) is 9.33. The van der Waals surface area contributed by atoms with Crippen LogP contribution < -0.4 is 26.0 Å². The fraction of sp³-hybridized carbons (Fsp3) is 0.526. The van der Waals surface area contributed by atoms with Crippen molar-refractivity contribution < 1.29 is 14.3 Å². The Morgan fingerprint density at radius 1 is 1.33 bits per heavy atom. The minimum Gasteiger partial charge on any atom is -0.492 e. The lowest BCUT2D eigenvalue weighted by Crippen LogP contribution is -2.53. The maximum Gasteiger partial charge on any atom is 0.319 e. The number of rotatable bonds is 7. The summed E-state index contributed by atoms with van der Waals surface area (Å²) in [6.45, 7) is 3.88. The number of fused-ring (bicyclic) bond motifs is 2. The molecular formula is C19H26ClN4O3. The summed E-state index contributed by atoms with van der Waals surface area (Å²) in [4.78, 5) is 23.0. The molecule has 7 nitrogen and oxygen atoms in total. The van der Waals surface area contributed by atoms with Crippen molar-refractivity contribution in [2.75, 3.05) is 31.6 Å². The van der Waals surface area contributed by atoms with Gasteiger partial charge in [-0.05, 0) is 37.8 Å². The Kier molecular flexibility index (Phi) is 6.44. The number of carbonyl (C=O) groups excluding carboxylic acids is 2. The van der Waals surface area contributed by atoms with Gasteiger partial charge in [-0.1, -0.05) is 18.0 Å². The molecule has 1 aliphatic carbocycles. The molecule has 3 amide bonds. The molecule has 1 aliphatic heterocycles. The minimum absolute atomic E-state index is 0.0371. The van der Waals surface area contributed by atoms with E-state index in [1.54, 1.807) is 6.07 Å². The van der Waals surface area contributed by atoms with E-state index in [-0.39, 0.29) is 11.9 Å². The van der Waals surface area contributed by atoms with Crippen LogP contribution in [0.1, 0.15) is 38.2 Å². The van der Waals surface area contributed by atoms with E-state index in [4.69, 9.17) is 16.3 Å². The third-order valence-corrected chi connectivity index (χ3v) is 5.22. The van der Waals surface area contributed by atoms with Gasteiger partial charge in [-0.25, -0.2) is 4.79 Å². The van der Waals surface area contributed by atoms with E-state index in [0.717, 1.165) is 37.0 Å². The zero-order valence-electron chi connectivity index (χ0n) is 15.5. The first-order chi connectivity index (χ1) is 13.0. The number of benzene rings is 1. The fourth-order valence-electron chi connectivity index (χ4n) is 3.72. The van der Waals surface area contributed by atoms with Crippen molar-refractivity contribution in [1.82, 2.24) is 16.0 Å². The lowest BCUT2D eigenvalue weighted by atomic mass is 9.74. The van der Waals surface area contributed by atoms with Gasteiger partial charge in [0.2, 0.25) is 5.91 Å². The molecule has 27 heavy (non-hydrogen) atoms. The number of hydrogen-bond donors (Lipinski definition) is 4. The van der Waals surface area contributed by atoms with Crippen LogP contribution in [0.4, 0.5) is 10.5 Å². The van der Waals surface area contributed by atoms with Crippen LogP contribution in [0.15, 0.2) is 12.1 Å². The van der Waals surface area contributed by atoms with Crippen LogP contribution in [0.3, 0.4) is 0 Å². The molecule has 0 saturated heterocycles. The number of ether oxygens (including phenoxy) is 1. The monoisotopic (exact) mass is 393 g/mol. The number of carbonyl (C=O) groups is 2. The molecule has 147 valence electrons. The largest absolute Gasteiger partial charge is 0.492 e. The van der Waals surface area contributed by atoms with Gasteiger partial charge in [0, 0.05) is 32.1 Å². The van der Waals surface area contributed by atoms with Gasteiger partial charge >= 0.3 is 6.03 Å². The van der Waals surface area contributed by atoms with Crippen LogP contribution >= 0.6 is 11.6 Å². The minimum atomic E-state index is -0.463. The molecule has 1 spiro atoms. The number of amides is 3. The van der Waals surface area contributed by atoms with Crippen LogP contribution in [0, 0.1) is 6.42 Å². The Labute approximate surface area is 164 Å². The number of nitrogens with one attached hydrogen (secondary N) is 4. The van der Waals surface area contributed by atoms with Crippen molar-refractivity contribution >= 4 is 29.2 Å². The zero-order chi connectivity index (χ0) is 19.3. The van der Waals surface area contributed by atoms with Crippen LogP contribution in [0.5, 0.6) is 5.75 Å². The lowest BCUT2D eigenvalue weighted by Gasteiger charge is -2.43. The van der Waals surface area contributed by atoms with Gasteiger partial charge < -0.3 is 26.0 Å². The molecule has 4 N–H and O–H groups in total. The fourth-order valence-corrected chi connectivity index (χ4v) is 3.93. The van der Waals surface area contributed by atoms with E-state index in [1.165, 1.54) is 6.92 Å². The van der Waals surface area contributed by atoms with Crippen LogP contribution in [-0.2, 0) is 10.3 Å². The number of halogens is 1. The highest BCUT2D eigenvalue weighted by molar-refractivity contribution is 6.34. The highest BCUT2D eigenvalue weighted by Gasteiger charge is 2.43. The second-order valence-electron chi connectivity index (χ2n) is 6.92. The second-order valence-corrected chi connectivity index (χ2v) is 7.33. The maximum atomic E-state index is 12.2. The van der Waals surface area contributed by atoms with Crippen LogP contribution in [-0.4, -0.2) is 38.2 Å². The first kappa shape index (κ1) is 19.8. The van der Waals surface area contributed by atoms with Gasteiger partial charge in [-0.15, -0.1) is 0 Å². The standard InChI is InChI=1S/C19H26ClN4O3/c1-13(25)22-10-9-21-11-12-27-15-6-5-14(20)17-16(15)19(24-18(26)23-17)7-3-2-4-8-19/h3,5-6,21H,2,4,7-12H2,1H3,(H,22,25)(H2,23,24,26). The molecule has 1 radical (unpaired) electrons. The lowest BCUT2D eigenvalue weighted by molar-refractivity contribution is -0.118. The molecule has 1 fully saturated rings. The maximum absolute atomic E-state index is 12.2. The van der Waals surface area contributed by atoms with Crippen molar-refractivity contribution in [3.05, 3.63) is 29.1 Å². The topological polar surface area (TPSA) is 91.5 Å². The molecule has 1 atom stereocenters. The first-order valence-corrected chi connectivity index (χ1v) is 9.71. The third-order valence-electron chi connectivity index (χ3n) is 4.90. The van der Waals surface area contributed by atoms with E-state index in [2.05, 4.69) is 27.7 Å². The van der Waals surface area contributed by atoms with Gasteiger partial charge in [0.25, 0.3) is 0 Å². The summed E-state index contributed by atoms with van der Waals surface area (Å²) < 4.78 is 6.04. The van der Waals surface area contributed by atoms with Crippen molar-refractivity contribution in [3.8, 4) is 5.75 Å². The predicted octanol–water partition coefficient (Wildman–Crippen LogP) is 2.55. The predicted molar refractivity (Wildman–Crippen MR) is 105 cm³/mol. The Balaban J connectivity index is 1.69. The van der Waals surface area contributed by atoms with Gasteiger partial charge in [0.15, 0.2) is 0 Å². The second kappa shape index (κ2) is 8.80. The summed E-state index contributed by atoms with van der Waals surface area (Å²) in [7, 11) is 0. The van der Waals surface area contributed by atoms with E-state index in [0.29, 0.717) is 37.0 Å². The summed E-state index contributed by atoms with van der Waals surface area (Å²) in [6.07, 6.45) is 5.90. The average molecular weight is 394 g/mol. The highest BCUT2D eigenvalue weighted by Crippen LogP contribution is 2.48. The van der Waals surface area contributed by atoms with Crippen molar-refractivity contribution in [3.63, 3.8) is 0 Å². The Morgan fingerprint density at radius 2 is 2.19 bits per heavy atom. The van der Waals surface area contributed by atoms with Gasteiger partial charge in [-0.2, -0.15) is 0 Å². The molecule has 2 aliphatic rings. The average Bonchev–Trinajstić information content (AvgIpc) is 2.63. The smallest absolute Gasteiger partial charge is 0.319 e. The molecule has 8 heteroatoms. The Hall–Kier alpha value is -1.99. The van der Waals surface area contributed by atoms with Crippen LogP contribution in [0.2, 0.25) is 5.02 Å². The molecule has 1 heterocycles. The van der Waals surface area contributed by atoms with Gasteiger partial charge in [-0.3, -0.25) is 4.79 Å². The Bertz CT molecular complexity index is 704. The quantitative estimate of drug-likeness (QED) is 0.536. The van der Waals surface area contributed by atoms with Crippen molar-refractivity contribution in [2.24, 2.45) is 0 Å². The summed E-state index contributed by atoms with van der Waals surface area (Å²) in [5, 5.41) is 12.4. The molecule has 0 aromatic heterocycles. The molecular weight excluding hydrogens is 368 g/mol. The molecule has 1 unspecified atom stereocenters. The molecule has 1 aromatic carbocycles. The van der Waals surface area contributed by atoms with Crippen molar-refractivity contribution in [2.45, 2.75) is 38.1 Å². The number of anilines is 1. The van der Waals surface area contributed by atoms with E-state index >= 15 is 0 Å². The normalized spacial score (nSPS) is 17.6. The molecule has 1 aromatic rings. The summed E-state index contributed by atoms with van der Waals surface area (Å²) in [5.74, 6) is 0.700.